The number of aromatic amines is 1. The third-order valence-corrected chi connectivity index (χ3v) is 7.20. The molecule has 0 aromatic carbocycles. The van der Waals surface area contributed by atoms with Gasteiger partial charge < -0.3 is 15.1 Å². The number of aryl methyl sites for hydroxylation is 1. The molecule has 176 valence electrons. The molecule has 3 aromatic rings. The number of nitrogens with one attached hydrogen (secondary N) is 2. The van der Waals surface area contributed by atoms with Crippen molar-refractivity contribution >= 4 is 23.5 Å². The molecule has 3 aliphatic rings. The molecular formula is C25H30N8O. The first-order valence-electron chi connectivity index (χ1n) is 12.4. The van der Waals surface area contributed by atoms with Crippen LogP contribution >= 0.6 is 0 Å². The Labute approximate surface area is 199 Å². The van der Waals surface area contributed by atoms with Crippen molar-refractivity contribution in [2.45, 2.75) is 57.4 Å². The van der Waals surface area contributed by atoms with Crippen molar-refractivity contribution in [3.8, 4) is 11.3 Å². The smallest absolute Gasteiger partial charge is 0.245 e. The minimum absolute atomic E-state index is 0.158. The molecule has 0 bridgehead atoms. The van der Waals surface area contributed by atoms with E-state index in [-0.39, 0.29) is 11.9 Å². The summed E-state index contributed by atoms with van der Waals surface area (Å²) in [7, 11) is 0. The molecule has 1 amide bonds. The lowest BCUT2D eigenvalue weighted by atomic mass is 10.1. The van der Waals surface area contributed by atoms with Crippen LogP contribution in [0.3, 0.4) is 0 Å². The van der Waals surface area contributed by atoms with Gasteiger partial charge in [-0.15, -0.1) is 0 Å². The van der Waals surface area contributed by atoms with Crippen LogP contribution in [0, 0.1) is 0 Å². The van der Waals surface area contributed by atoms with Gasteiger partial charge >= 0.3 is 0 Å². The standard InChI is InChI=1S/C25H30N8O/c34-24(32-13-2-1-3-14-32)21-8-5-15-33(21)25-27-19-7-4-6-18(19)23(29-25)28-22-16-20(30-31-22)17-9-11-26-12-10-17/h9-12,16,21H,1-8,13-15H2,(H2,27,28,29,30,31)/t21-/m1/s1. The van der Waals surface area contributed by atoms with Gasteiger partial charge in [-0.25, -0.2) is 4.98 Å². The molecule has 1 atom stereocenters. The summed E-state index contributed by atoms with van der Waals surface area (Å²) in [5, 5.41) is 11.0. The SMILES string of the molecule is O=C([C@H]1CCCN1c1nc2c(c(Nc3cc(-c4ccncc4)[nH]n3)n1)CCC2)N1CCCCC1. The maximum atomic E-state index is 13.3. The van der Waals surface area contributed by atoms with E-state index in [1.165, 1.54) is 6.42 Å². The van der Waals surface area contributed by atoms with E-state index in [1.54, 1.807) is 12.4 Å². The molecule has 1 aliphatic carbocycles. The van der Waals surface area contributed by atoms with E-state index < -0.39 is 0 Å². The highest BCUT2D eigenvalue weighted by molar-refractivity contribution is 5.85. The Bertz CT molecular complexity index is 1170. The van der Waals surface area contributed by atoms with Gasteiger partial charge in [0.1, 0.15) is 11.9 Å². The summed E-state index contributed by atoms with van der Waals surface area (Å²) in [6, 6.07) is 5.72. The summed E-state index contributed by atoms with van der Waals surface area (Å²) in [4.78, 5) is 31.5. The van der Waals surface area contributed by atoms with Crippen molar-refractivity contribution < 1.29 is 4.79 Å². The molecule has 34 heavy (non-hydrogen) atoms. The zero-order valence-electron chi connectivity index (χ0n) is 19.3. The number of carbonyl (C=O) groups excluding carboxylic acids is 1. The molecule has 9 heteroatoms. The van der Waals surface area contributed by atoms with Gasteiger partial charge in [0.25, 0.3) is 0 Å². The fourth-order valence-corrected chi connectivity index (χ4v) is 5.43. The number of carbonyl (C=O) groups is 1. The van der Waals surface area contributed by atoms with E-state index in [1.807, 2.05) is 23.1 Å². The van der Waals surface area contributed by atoms with Crippen LogP contribution in [0.2, 0.25) is 0 Å². The molecular weight excluding hydrogens is 428 g/mol. The minimum atomic E-state index is -0.158. The molecule has 5 heterocycles. The van der Waals surface area contributed by atoms with Gasteiger partial charge in [-0.1, -0.05) is 0 Å². The third kappa shape index (κ3) is 3.99. The van der Waals surface area contributed by atoms with Crippen LogP contribution in [0.5, 0.6) is 0 Å². The molecule has 2 saturated heterocycles. The summed E-state index contributed by atoms with van der Waals surface area (Å²) in [5.41, 5.74) is 4.20. The van der Waals surface area contributed by atoms with Crippen molar-refractivity contribution in [3.63, 3.8) is 0 Å². The highest BCUT2D eigenvalue weighted by Crippen LogP contribution is 2.33. The second-order valence-electron chi connectivity index (χ2n) is 9.42. The number of pyridine rings is 1. The highest BCUT2D eigenvalue weighted by Gasteiger charge is 2.36. The Hall–Kier alpha value is -3.49. The van der Waals surface area contributed by atoms with Gasteiger partial charge in [0.05, 0.1) is 11.4 Å². The predicted octanol–water partition coefficient (Wildman–Crippen LogP) is 3.48. The second kappa shape index (κ2) is 9.04. The topological polar surface area (TPSA) is 103 Å². The number of hydrogen-bond acceptors (Lipinski definition) is 7. The molecule has 0 saturated carbocycles. The normalized spacial score (nSPS) is 19.9. The highest BCUT2D eigenvalue weighted by atomic mass is 16.2. The number of nitrogens with zero attached hydrogens (tertiary/aromatic N) is 6. The van der Waals surface area contributed by atoms with Crippen LogP contribution in [0.4, 0.5) is 17.6 Å². The van der Waals surface area contributed by atoms with Gasteiger partial charge in [-0.3, -0.25) is 14.9 Å². The number of likely N-dealkylation sites (tertiary alicyclic amines) is 1. The Morgan fingerprint density at radius 2 is 1.85 bits per heavy atom. The summed E-state index contributed by atoms with van der Waals surface area (Å²) in [5.74, 6) is 2.43. The van der Waals surface area contributed by atoms with Crippen LogP contribution in [0.15, 0.2) is 30.6 Å². The first-order chi connectivity index (χ1) is 16.8. The number of anilines is 3. The van der Waals surface area contributed by atoms with E-state index in [4.69, 9.17) is 9.97 Å². The summed E-state index contributed by atoms with van der Waals surface area (Å²) in [6.45, 7) is 2.57. The lowest BCUT2D eigenvalue weighted by Crippen LogP contribution is -2.48. The zero-order valence-corrected chi connectivity index (χ0v) is 19.3. The number of rotatable bonds is 5. The number of piperidine rings is 1. The van der Waals surface area contributed by atoms with Crippen molar-refractivity contribution in [2.75, 3.05) is 29.9 Å². The first-order valence-corrected chi connectivity index (χ1v) is 12.4. The number of fused-ring (bicyclic) bond motifs is 1. The molecule has 9 nitrogen and oxygen atoms in total. The van der Waals surface area contributed by atoms with Crippen molar-refractivity contribution in [2.24, 2.45) is 0 Å². The number of H-pyrrole nitrogens is 1. The summed E-state index contributed by atoms with van der Waals surface area (Å²) in [6.07, 6.45) is 11.8. The van der Waals surface area contributed by atoms with Crippen molar-refractivity contribution in [1.82, 2.24) is 30.0 Å². The van der Waals surface area contributed by atoms with Gasteiger partial charge in [0, 0.05) is 49.2 Å². The average molecular weight is 459 g/mol. The van der Waals surface area contributed by atoms with E-state index >= 15 is 0 Å². The van der Waals surface area contributed by atoms with Crippen molar-refractivity contribution in [1.29, 1.82) is 0 Å². The largest absolute Gasteiger partial charge is 0.341 e. The quantitative estimate of drug-likeness (QED) is 0.603. The predicted molar refractivity (Wildman–Crippen MR) is 130 cm³/mol. The van der Waals surface area contributed by atoms with Gasteiger partial charge in [-0.05, 0) is 63.5 Å². The van der Waals surface area contributed by atoms with Crippen LogP contribution in [-0.4, -0.2) is 61.6 Å². The fraction of sp³-hybridized carbons (Fsp3) is 0.480. The first kappa shape index (κ1) is 21.1. The lowest BCUT2D eigenvalue weighted by Gasteiger charge is -2.32. The van der Waals surface area contributed by atoms with E-state index in [2.05, 4.69) is 25.4 Å². The molecule has 2 fully saturated rings. The zero-order chi connectivity index (χ0) is 22.9. The van der Waals surface area contributed by atoms with E-state index in [0.717, 1.165) is 92.9 Å². The Morgan fingerprint density at radius 3 is 2.71 bits per heavy atom. The Morgan fingerprint density at radius 1 is 1.00 bits per heavy atom. The van der Waals surface area contributed by atoms with Crippen LogP contribution in [-0.2, 0) is 17.6 Å². The van der Waals surface area contributed by atoms with E-state index in [9.17, 15) is 4.79 Å². The molecule has 0 unspecified atom stereocenters. The monoisotopic (exact) mass is 458 g/mol. The maximum Gasteiger partial charge on any atom is 0.245 e. The second-order valence-corrected chi connectivity index (χ2v) is 9.42. The number of amides is 1. The summed E-state index contributed by atoms with van der Waals surface area (Å²) >= 11 is 0. The van der Waals surface area contributed by atoms with Crippen LogP contribution < -0.4 is 10.2 Å². The van der Waals surface area contributed by atoms with Gasteiger partial charge in [0.15, 0.2) is 5.82 Å². The minimum Gasteiger partial charge on any atom is -0.341 e. The molecule has 0 radical (unpaired) electrons. The maximum absolute atomic E-state index is 13.3. The van der Waals surface area contributed by atoms with Gasteiger partial charge in [-0.2, -0.15) is 10.1 Å². The third-order valence-electron chi connectivity index (χ3n) is 7.20. The van der Waals surface area contributed by atoms with Crippen LogP contribution in [0.25, 0.3) is 11.3 Å². The average Bonchev–Trinajstić information content (AvgIpc) is 3.65. The molecule has 6 rings (SSSR count). The van der Waals surface area contributed by atoms with Crippen LogP contribution in [0.1, 0.15) is 49.8 Å². The van der Waals surface area contributed by atoms with E-state index in [0.29, 0.717) is 11.8 Å². The molecule has 0 spiro atoms. The Kier molecular flexibility index (Phi) is 5.60. The summed E-state index contributed by atoms with van der Waals surface area (Å²) < 4.78 is 0. The molecule has 2 aliphatic heterocycles. The van der Waals surface area contributed by atoms with Gasteiger partial charge in [0.2, 0.25) is 11.9 Å². The van der Waals surface area contributed by atoms with Crippen molar-refractivity contribution in [3.05, 3.63) is 41.9 Å². The Balaban J connectivity index is 1.27. The number of hydrogen-bond donors (Lipinski definition) is 2. The number of aromatic nitrogens is 5. The molecule has 3 aromatic heterocycles. The molecule has 2 N–H and O–H groups in total. The lowest BCUT2D eigenvalue weighted by molar-refractivity contribution is -0.133. The fourth-order valence-electron chi connectivity index (χ4n) is 5.43.